The average molecular weight is 688 g/mol. The second kappa shape index (κ2) is 11.8. The third-order valence-electron chi connectivity index (χ3n) is 9.20. The molecule has 0 atom stereocenters. The van der Waals surface area contributed by atoms with Gasteiger partial charge < -0.3 is 10.2 Å². The summed E-state index contributed by atoms with van der Waals surface area (Å²) < 4.78 is 1.66. The second-order valence-electron chi connectivity index (χ2n) is 12.1. The fraction of sp³-hybridized carbons (Fsp3) is 0.278. The first-order valence-electron chi connectivity index (χ1n) is 14.4. The molecule has 4 bridgehead atoms. The highest BCUT2D eigenvalue weighted by Crippen LogP contribution is 2.62. The molecule has 4 saturated carbocycles. The van der Waals surface area contributed by atoms with Gasteiger partial charge in [0.05, 0.1) is 11.1 Å². The van der Waals surface area contributed by atoms with Gasteiger partial charge in [-0.1, -0.05) is 92.5 Å². The van der Waals surface area contributed by atoms with Crippen LogP contribution in [0.5, 0.6) is 11.5 Å². The summed E-state index contributed by atoms with van der Waals surface area (Å²) in [5, 5.41) is 20.8. The molecule has 214 valence electrons. The van der Waals surface area contributed by atoms with Crippen LogP contribution in [0.25, 0.3) is 0 Å². The Hall–Kier alpha value is -3.22. The van der Waals surface area contributed by atoms with E-state index in [0.717, 1.165) is 32.3 Å². The number of halogens is 2. The van der Waals surface area contributed by atoms with Gasteiger partial charge in [-0.05, 0) is 92.0 Å². The predicted molar refractivity (Wildman–Crippen MR) is 171 cm³/mol. The van der Waals surface area contributed by atoms with E-state index < -0.39 is 0 Å². The van der Waals surface area contributed by atoms with E-state index in [1.807, 2.05) is 36.4 Å². The fourth-order valence-corrected chi connectivity index (χ4v) is 8.62. The van der Waals surface area contributed by atoms with Crippen LogP contribution >= 0.6 is 31.9 Å². The summed E-state index contributed by atoms with van der Waals surface area (Å²) in [6.07, 6.45) is 7.60. The maximum atomic E-state index is 13.0. The lowest BCUT2D eigenvalue weighted by atomic mass is 9.48. The Morgan fingerprint density at radius 3 is 1.62 bits per heavy atom. The van der Waals surface area contributed by atoms with Crippen LogP contribution in [0.2, 0.25) is 0 Å². The Morgan fingerprint density at radius 1 is 0.619 bits per heavy atom. The molecule has 0 amide bonds. The zero-order valence-corrected chi connectivity index (χ0v) is 26.3. The molecule has 0 heterocycles. The van der Waals surface area contributed by atoms with Crippen molar-refractivity contribution < 1.29 is 19.8 Å². The standard InChI is InChI=1S/C23H23BrO2.C13H9BrO2/c24-18-9-19(21(25)17-4-2-1-3-5-17)22(26)20(10-18)23-11-14-6-15(12-23)8-16(7-14)13-23;14-10-6-7-12(15)11(8-10)13(16)9-4-2-1-3-5-9/h1-5,9-10,14-16,26H,6-8,11-13H2;1-8,15H. The zero-order chi connectivity index (χ0) is 29.4. The van der Waals surface area contributed by atoms with E-state index in [1.165, 1.54) is 44.6 Å². The number of carbonyl (C=O) groups excluding carboxylic acids is 2. The van der Waals surface area contributed by atoms with E-state index in [9.17, 15) is 19.8 Å². The third kappa shape index (κ3) is 5.71. The summed E-state index contributed by atoms with van der Waals surface area (Å²) in [5.74, 6) is 2.32. The molecular weight excluding hydrogens is 656 g/mol. The Bertz CT molecular complexity index is 1600. The van der Waals surface area contributed by atoms with Crippen molar-refractivity contribution in [3.8, 4) is 11.5 Å². The van der Waals surface area contributed by atoms with E-state index in [-0.39, 0.29) is 28.5 Å². The van der Waals surface area contributed by atoms with Gasteiger partial charge in [-0.15, -0.1) is 0 Å². The largest absolute Gasteiger partial charge is 0.507 e. The van der Waals surface area contributed by atoms with Crippen molar-refractivity contribution >= 4 is 43.4 Å². The summed E-state index contributed by atoms with van der Waals surface area (Å²) >= 11 is 6.88. The summed E-state index contributed by atoms with van der Waals surface area (Å²) in [7, 11) is 0. The minimum Gasteiger partial charge on any atom is -0.507 e. The number of benzene rings is 4. The van der Waals surface area contributed by atoms with Crippen molar-refractivity contribution in [2.45, 2.75) is 43.9 Å². The van der Waals surface area contributed by atoms with Gasteiger partial charge in [0, 0.05) is 25.6 Å². The molecular formula is C36H32Br2O4. The van der Waals surface area contributed by atoms with Crippen LogP contribution in [0, 0.1) is 17.8 Å². The minimum absolute atomic E-state index is 0.00273. The van der Waals surface area contributed by atoms with Crippen molar-refractivity contribution in [2.75, 3.05) is 0 Å². The van der Waals surface area contributed by atoms with Crippen molar-refractivity contribution in [3.63, 3.8) is 0 Å². The Morgan fingerprint density at radius 2 is 1.10 bits per heavy atom. The number of phenols is 2. The normalized spacial score (nSPS) is 23.6. The number of aromatic hydroxyl groups is 2. The highest BCUT2D eigenvalue weighted by atomic mass is 79.9. The number of rotatable bonds is 5. The van der Waals surface area contributed by atoms with Crippen LogP contribution in [0.4, 0.5) is 0 Å². The lowest BCUT2D eigenvalue weighted by Crippen LogP contribution is -2.48. The number of carbonyl (C=O) groups is 2. The van der Waals surface area contributed by atoms with Crippen LogP contribution in [0.1, 0.15) is 75.9 Å². The predicted octanol–water partition coefficient (Wildman–Crippen LogP) is 9.24. The molecule has 0 saturated heterocycles. The summed E-state index contributed by atoms with van der Waals surface area (Å²) in [4.78, 5) is 25.1. The maximum Gasteiger partial charge on any atom is 0.196 e. The molecule has 0 radical (unpaired) electrons. The molecule has 4 aliphatic carbocycles. The van der Waals surface area contributed by atoms with Gasteiger partial charge in [0.2, 0.25) is 0 Å². The molecule has 6 heteroatoms. The lowest BCUT2D eigenvalue weighted by Gasteiger charge is -2.57. The summed E-state index contributed by atoms with van der Waals surface area (Å²) in [6, 6.07) is 26.8. The number of hydrogen-bond donors (Lipinski definition) is 2. The van der Waals surface area contributed by atoms with Crippen LogP contribution < -0.4 is 0 Å². The van der Waals surface area contributed by atoms with E-state index >= 15 is 0 Å². The van der Waals surface area contributed by atoms with Gasteiger partial charge >= 0.3 is 0 Å². The van der Waals surface area contributed by atoms with Crippen molar-refractivity contribution in [1.82, 2.24) is 0 Å². The topological polar surface area (TPSA) is 74.6 Å². The van der Waals surface area contributed by atoms with Gasteiger partial charge in [0.1, 0.15) is 11.5 Å². The van der Waals surface area contributed by atoms with E-state index in [1.54, 1.807) is 42.5 Å². The highest BCUT2D eigenvalue weighted by Gasteiger charge is 2.52. The molecule has 4 aliphatic rings. The quantitative estimate of drug-likeness (QED) is 0.205. The smallest absolute Gasteiger partial charge is 0.196 e. The first kappa shape index (κ1) is 28.9. The molecule has 4 fully saturated rings. The molecule has 0 aliphatic heterocycles. The van der Waals surface area contributed by atoms with Crippen LogP contribution in [0.15, 0.2) is 99.9 Å². The maximum absolute atomic E-state index is 13.0. The third-order valence-corrected chi connectivity index (χ3v) is 10.2. The molecule has 2 N–H and O–H groups in total. The summed E-state index contributed by atoms with van der Waals surface area (Å²) in [5.41, 5.74) is 2.99. The molecule has 4 nitrogen and oxygen atoms in total. The fourth-order valence-electron chi connectivity index (χ4n) is 7.80. The minimum atomic E-state index is -0.181. The number of phenolic OH excluding ortho intramolecular Hbond substituents is 2. The average Bonchev–Trinajstić information content (AvgIpc) is 2.99. The SMILES string of the molecule is O=C(c1ccccc1)c1cc(Br)cc(C23CC4CC(CC(C4)C2)C3)c1O.O=C(c1ccccc1)c1cc(Br)ccc1O. The number of ketones is 2. The van der Waals surface area contributed by atoms with E-state index in [4.69, 9.17) is 0 Å². The van der Waals surface area contributed by atoms with E-state index in [2.05, 4.69) is 37.9 Å². The van der Waals surface area contributed by atoms with Crippen LogP contribution in [0.3, 0.4) is 0 Å². The Kier molecular flexibility index (Phi) is 8.12. The monoisotopic (exact) mass is 686 g/mol. The zero-order valence-electron chi connectivity index (χ0n) is 23.1. The van der Waals surface area contributed by atoms with Gasteiger partial charge in [-0.25, -0.2) is 0 Å². The second-order valence-corrected chi connectivity index (χ2v) is 13.9. The highest BCUT2D eigenvalue weighted by molar-refractivity contribution is 9.10. The Balaban J connectivity index is 0.000000170. The van der Waals surface area contributed by atoms with E-state index in [0.29, 0.717) is 22.3 Å². The molecule has 0 spiro atoms. The van der Waals surface area contributed by atoms with Crippen molar-refractivity contribution in [2.24, 2.45) is 17.8 Å². The van der Waals surface area contributed by atoms with Gasteiger partial charge in [-0.3, -0.25) is 9.59 Å². The lowest BCUT2D eigenvalue weighted by molar-refractivity contribution is -0.00618. The molecule has 4 aromatic rings. The molecule has 0 unspecified atom stereocenters. The molecule has 4 aromatic carbocycles. The Labute approximate surface area is 263 Å². The van der Waals surface area contributed by atoms with Crippen molar-refractivity contribution in [3.05, 3.63) is 128 Å². The van der Waals surface area contributed by atoms with Crippen molar-refractivity contribution in [1.29, 1.82) is 0 Å². The first-order valence-corrected chi connectivity index (χ1v) is 16.0. The van der Waals surface area contributed by atoms with Gasteiger partial charge in [0.25, 0.3) is 0 Å². The molecule has 8 rings (SSSR count). The van der Waals surface area contributed by atoms with Gasteiger partial charge in [-0.2, -0.15) is 0 Å². The summed E-state index contributed by atoms with van der Waals surface area (Å²) in [6.45, 7) is 0. The van der Waals surface area contributed by atoms with Crippen LogP contribution in [-0.2, 0) is 5.41 Å². The van der Waals surface area contributed by atoms with Crippen LogP contribution in [-0.4, -0.2) is 21.8 Å². The first-order chi connectivity index (χ1) is 20.2. The molecule has 0 aromatic heterocycles. The number of hydrogen-bond acceptors (Lipinski definition) is 4. The molecule has 42 heavy (non-hydrogen) atoms. The van der Waals surface area contributed by atoms with Gasteiger partial charge in [0.15, 0.2) is 11.6 Å².